The van der Waals surface area contributed by atoms with Gasteiger partial charge in [-0.2, -0.15) is 0 Å². The van der Waals surface area contributed by atoms with Crippen LogP contribution in [0.3, 0.4) is 0 Å². The first-order valence-corrected chi connectivity index (χ1v) is 7.52. The van der Waals surface area contributed by atoms with E-state index >= 15 is 0 Å². The number of hydrogen-bond donors (Lipinski definition) is 0. The Kier molecular flexibility index (Phi) is 4.07. The van der Waals surface area contributed by atoms with E-state index in [1.807, 2.05) is 6.92 Å². The number of nitrogens with zero attached hydrogens (tertiary/aromatic N) is 5. The van der Waals surface area contributed by atoms with E-state index in [9.17, 15) is 0 Å². The molecule has 1 saturated heterocycles. The molecule has 0 unspecified atom stereocenters. The molecule has 2 aromatic heterocycles. The Morgan fingerprint density at radius 1 is 1.38 bits per heavy atom. The van der Waals surface area contributed by atoms with Gasteiger partial charge in [-0.05, 0) is 26.0 Å². The van der Waals surface area contributed by atoms with Gasteiger partial charge in [-0.25, -0.2) is 0 Å². The van der Waals surface area contributed by atoms with Crippen LogP contribution < -0.4 is 0 Å². The molecule has 2 aromatic rings. The highest BCUT2D eigenvalue weighted by Gasteiger charge is 2.27. The molecule has 1 fully saturated rings. The third kappa shape index (κ3) is 2.73. The molecule has 0 aliphatic carbocycles. The Morgan fingerprint density at radius 3 is 2.95 bits per heavy atom. The number of aromatic nitrogens is 4. The summed E-state index contributed by atoms with van der Waals surface area (Å²) >= 11 is 0. The van der Waals surface area contributed by atoms with Crippen molar-refractivity contribution >= 4 is 0 Å². The molecule has 1 atom stereocenters. The van der Waals surface area contributed by atoms with Gasteiger partial charge in [0.05, 0.1) is 25.8 Å². The molecular formula is C15H23N5O. The van der Waals surface area contributed by atoms with Crippen molar-refractivity contribution in [1.29, 1.82) is 0 Å². The van der Waals surface area contributed by atoms with Crippen LogP contribution in [0.15, 0.2) is 18.3 Å². The normalized spacial score (nSPS) is 20.0. The highest BCUT2D eigenvalue weighted by molar-refractivity contribution is 5.13. The molecule has 0 aromatic carbocycles. The summed E-state index contributed by atoms with van der Waals surface area (Å²) in [7, 11) is 2.08. The summed E-state index contributed by atoms with van der Waals surface area (Å²) < 4.78 is 10.0. The molecule has 0 saturated carbocycles. The molecular weight excluding hydrogens is 266 g/mol. The monoisotopic (exact) mass is 289 g/mol. The molecule has 6 nitrogen and oxygen atoms in total. The third-order valence-corrected chi connectivity index (χ3v) is 4.24. The van der Waals surface area contributed by atoms with E-state index in [1.165, 1.54) is 5.69 Å². The van der Waals surface area contributed by atoms with Crippen LogP contribution in [0.5, 0.6) is 0 Å². The summed E-state index contributed by atoms with van der Waals surface area (Å²) in [6.07, 6.45) is 2.08. The van der Waals surface area contributed by atoms with Gasteiger partial charge >= 0.3 is 0 Å². The van der Waals surface area contributed by atoms with Crippen LogP contribution in [-0.4, -0.2) is 44.0 Å². The summed E-state index contributed by atoms with van der Waals surface area (Å²) in [6.45, 7) is 8.30. The largest absolute Gasteiger partial charge is 0.378 e. The van der Waals surface area contributed by atoms with Crippen molar-refractivity contribution in [3.8, 4) is 0 Å². The maximum atomic E-state index is 5.69. The van der Waals surface area contributed by atoms with Crippen molar-refractivity contribution in [3.05, 3.63) is 35.7 Å². The van der Waals surface area contributed by atoms with Gasteiger partial charge in [0.1, 0.15) is 11.6 Å². The molecule has 0 N–H and O–H groups in total. The van der Waals surface area contributed by atoms with Gasteiger partial charge in [0.15, 0.2) is 0 Å². The Hall–Kier alpha value is -1.66. The Bertz CT molecular complexity index is 603. The third-order valence-electron chi connectivity index (χ3n) is 4.24. The lowest BCUT2D eigenvalue weighted by Crippen LogP contribution is -2.40. The summed E-state index contributed by atoms with van der Waals surface area (Å²) in [4.78, 5) is 2.44. The van der Waals surface area contributed by atoms with Crippen molar-refractivity contribution in [2.75, 3.05) is 19.8 Å². The number of aryl methyl sites for hydroxylation is 2. The van der Waals surface area contributed by atoms with Crippen molar-refractivity contribution in [2.45, 2.75) is 33.0 Å². The fourth-order valence-corrected chi connectivity index (χ4v) is 3.05. The molecule has 114 valence electrons. The van der Waals surface area contributed by atoms with Crippen molar-refractivity contribution in [3.63, 3.8) is 0 Å². The summed E-state index contributed by atoms with van der Waals surface area (Å²) in [6, 6.07) is 4.53. The Morgan fingerprint density at radius 2 is 2.24 bits per heavy atom. The fourth-order valence-electron chi connectivity index (χ4n) is 3.05. The van der Waals surface area contributed by atoms with E-state index in [2.05, 4.69) is 56.5 Å². The zero-order valence-corrected chi connectivity index (χ0v) is 13.0. The molecule has 1 aliphatic rings. The van der Waals surface area contributed by atoms with Crippen LogP contribution >= 0.6 is 0 Å². The number of morpholine rings is 1. The zero-order valence-electron chi connectivity index (χ0n) is 13.0. The van der Waals surface area contributed by atoms with Crippen LogP contribution in [0.1, 0.15) is 30.3 Å². The highest BCUT2D eigenvalue weighted by atomic mass is 16.5. The fraction of sp³-hybridized carbons (Fsp3) is 0.600. The van der Waals surface area contributed by atoms with Crippen LogP contribution in [0.4, 0.5) is 0 Å². The van der Waals surface area contributed by atoms with Crippen LogP contribution in [0, 0.1) is 6.92 Å². The van der Waals surface area contributed by atoms with Crippen molar-refractivity contribution in [1.82, 2.24) is 24.2 Å². The molecule has 1 aliphatic heterocycles. The SMILES string of the molecule is CCn1c(C)nnc1CN1CCOC[C@H]1c1cccn1C. The van der Waals surface area contributed by atoms with E-state index in [0.29, 0.717) is 0 Å². The minimum absolute atomic E-state index is 0.279. The number of rotatable bonds is 4. The van der Waals surface area contributed by atoms with Crippen molar-refractivity contribution < 1.29 is 4.74 Å². The van der Waals surface area contributed by atoms with E-state index in [0.717, 1.165) is 44.5 Å². The van der Waals surface area contributed by atoms with E-state index in [-0.39, 0.29) is 6.04 Å². The predicted octanol–water partition coefficient (Wildman–Crippen LogP) is 1.52. The van der Waals surface area contributed by atoms with Gasteiger partial charge < -0.3 is 13.9 Å². The number of ether oxygens (including phenoxy) is 1. The maximum Gasteiger partial charge on any atom is 0.147 e. The summed E-state index contributed by atoms with van der Waals surface area (Å²) in [5.74, 6) is 2.02. The van der Waals surface area contributed by atoms with E-state index in [1.54, 1.807) is 0 Å². The van der Waals surface area contributed by atoms with E-state index in [4.69, 9.17) is 4.74 Å². The molecule has 21 heavy (non-hydrogen) atoms. The first-order valence-electron chi connectivity index (χ1n) is 7.52. The van der Waals surface area contributed by atoms with E-state index < -0.39 is 0 Å². The minimum atomic E-state index is 0.279. The average Bonchev–Trinajstić information content (AvgIpc) is 3.06. The molecule has 3 rings (SSSR count). The van der Waals surface area contributed by atoms with Crippen LogP contribution in [0.25, 0.3) is 0 Å². The zero-order chi connectivity index (χ0) is 14.8. The van der Waals surface area contributed by atoms with Gasteiger partial charge in [-0.1, -0.05) is 0 Å². The van der Waals surface area contributed by atoms with Gasteiger partial charge in [0, 0.05) is 32.0 Å². The first kappa shape index (κ1) is 14.3. The van der Waals surface area contributed by atoms with Crippen molar-refractivity contribution in [2.24, 2.45) is 7.05 Å². The van der Waals surface area contributed by atoms with Crippen LogP contribution in [0.2, 0.25) is 0 Å². The molecule has 6 heteroatoms. The molecule has 0 spiro atoms. The summed E-state index contributed by atoms with van der Waals surface area (Å²) in [5.41, 5.74) is 1.29. The smallest absolute Gasteiger partial charge is 0.147 e. The maximum absolute atomic E-state index is 5.69. The minimum Gasteiger partial charge on any atom is -0.378 e. The summed E-state index contributed by atoms with van der Waals surface area (Å²) in [5, 5.41) is 8.55. The molecule has 0 amide bonds. The lowest BCUT2D eigenvalue weighted by Gasteiger charge is -2.35. The predicted molar refractivity (Wildman–Crippen MR) is 79.8 cm³/mol. The van der Waals surface area contributed by atoms with Gasteiger partial charge in [-0.3, -0.25) is 4.90 Å². The molecule has 0 radical (unpaired) electrons. The topological polar surface area (TPSA) is 48.1 Å². The second-order valence-corrected chi connectivity index (χ2v) is 5.51. The van der Waals surface area contributed by atoms with Gasteiger partial charge in [-0.15, -0.1) is 10.2 Å². The second kappa shape index (κ2) is 5.99. The lowest BCUT2D eigenvalue weighted by molar-refractivity contribution is -0.0168. The van der Waals surface area contributed by atoms with Gasteiger partial charge in [0.25, 0.3) is 0 Å². The average molecular weight is 289 g/mol. The highest BCUT2D eigenvalue weighted by Crippen LogP contribution is 2.25. The Balaban J connectivity index is 1.83. The number of hydrogen-bond acceptors (Lipinski definition) is 4. The Labute approximate surface area is 125 Å². The standard InChI is InChI=1S/C15H23N5O/c1-4-20-12(2)16-17-15(20)10-19-8-9-21-11-14(19)13-6-5-7-18(13)3/h5-7,14H,4,8-11H2,1-3H3/t14-/m0/s1. The van der Waals surface area contributed by atoms with Gasteiger partial charge in [0.2, 0.25) is 0 Å². The molecule has 0 bridgehead atoms. The lowest BCUT2D eigenvalue weighted by atomic mass is 10.1. The second-order valence-electron chi connectivity index (χ2n) is 5.51. The van der Waals surface area contributed by atoms with Crippen LogP contribution in [-0.2, 0) is 24.9 Å². The first-order chi connectivity index (χ1) is 10.2. The quantitative estimate of drug-likeness (QED) is 0.856. The molecule has 3 heterocycles.